The number of sulfonamides is 1. The zero-order valence-electron chi connectivity index (χ0n) is 17.0. The van der Waals surface area contributed by atoms with Crippen molar-refractivity contribution >= 4 is 46.5 Å². The Hall–Kier alpha value is -2.76. The fourth-order valence-electron chi connectivity index (χ4n) is 2.98. The van der Waals surface area contributed by atoms with Gasteiger partial charge in [0.05, 0.1) is 15.1 Å². The summed E-state index contributed by atoms with van der Waals surface area (Å²) >= 11 is 1.07. The molecule has 0 unspecified atom stereocenters. The summed E-state index contributed by atoms with van der Waals surface area (Å²) in [6.45, 7) is 3.83. The maximum absolute atomic E-state index is 13.2. The van der Waals surface area contributed by atoms with E-state index in [1.807, 2.05) is 32.0 Å². The molecule has 0 aliphatic rings. The molecule has 31 heavy (non-hydrogen) atoms. The predicted molar refractivity (Wildman–Crippen MR) is 122 cm³/mol. The van der Waals surface area contributed by atoms with Gasteiger partial charge in [0, 0.05) is 24.1 Å². The van der Waals surface area contributed by atoms with Crippen molar-refractivity contribution < 1.29 is 16.8 Å². The number of rotatable bonds is 6. The van der Waals surface area contributed by atoms with Gasteiger partial charge in [0.2, 0.25) is 0 Å². The smallest absolute Gasteiger partial charge is 0.267 e. The molecule has 0 radical (unpaired) electrons. The first kappa shape index (κ1) is 21.5. The molecule has 162 valence electrons. The van der Waals surface area contributed by atoms with Gasteiger partial charge < -0.3 is 0 Å². The van der Waals surface area contributed by atoms with Gasteiger partial charge in [0.25, 0.3) is 10.0 Å². The van der Waals surface area contributed by atoms with Gasteiger partial charge in [-0.05, 0) is 32.0 Å². The second-order valence-electron chi connectivity index (χ2n) is 7.31. The monoisotopic (exact) mass is 476 g/mol. The van der Waals surface area contributed by atoms with Crippen molar-refractivity contribution in [1.29, 1.82) is 0 Å². The van der Waals surface area contributed by atoms with Crippen molar-refractivity contribution in [3.63, 3.8) is 0 Å². The van der Waals surface area contributed by atoms with Crippen LogP contribution < -0.4 is 4.72 Å². The Bertz CT molecular complexity index is 1470. The molecule has 2 aromatic carbocycles. The van der Waals surface area contributed by atoms with E-state index < -0.39 is 19.9 Å². The van der Waals surface area contributed by atoms with E-state index in [-0.39, 0.29) is 21.0 Å². The van der Waals surface area contributed by atoms with E-state index in [9.17, 15) is 16.8 Å². The van der Waals surface area contributed by atoms with Gasteiger partial charge in [-0.3, -0.25) is 9.40 Å². The number of aromatic nitrogens is 3. The van der Waals surface area contributed by atoms with Gasteiger partial charge in [-0.15, -0.1) is 0 Å². The third kappa shape index (κ3) is 4.34. The molecule has 2 aromatic heterocycles. The Labute approximate surface area is 184 Å². The average molecular weight is 477 g/mol. The summed E-state index contributed by atoms with van der Waals surface area (Å²) in [5.41, 5.74) is 1.54. The lowest BCUT2D eigenvalue weighted by molar-refractivity contribution is 0.532. The lowest BCUT2D eigenvalue weighted by atomic mass is 10.2. The molecule has 0 aliphatic heterocycles. The minimum Gasteiger partial charge on any atom is -0.268 e. The SMILES string of the molecule is CC(C)n1cc(S(=O)(=O)Nc2nc3ccc(S(C)(=O)=O)cc3s2)c(-c2ccccc2)n1. The van der Waals surface area contributed by atoms with Crippen LogP contribution in [0.15, 0.2) is 64.5 Å². The van der Waals surface area contributed by atoms with E-state index in [2.05, 4.69) is 14.8 Å². The lowest BCUT2D eigenvalue weighted by Crippen LogP contribution is -2.13. The number of nitrogens with one attached hydrogen (secondary N) is 1. The van der Waals surface area contributed by atoms with E-state index in [1.165, 1.54) is 18.3 Å². The minimum absolute atomic E-state index is 0.0247. The van der Waals surface area contributed by atoms with Crippen molar-refractivity contribution in [2.24, 2.45) is 0 Å². The summed E-state index contributed by atoms with van der Waals surface area (Å²) in [5, 5.41) is 4.63. The number of sulfone groups is 1. The topological polar surface area (TPSA) is 111 Å². The number of benzene rings is 2. The molecule has 2 heterocycles. The first-order valence-electron chi connectivity index (χ1n) is 9.32. The molecular weight excluding hydrogens is 456 g/mol. The molecule has 0 atom stereocenters. The molecule has 0 bridgehead atoms. The predicted octanol–water partition coefficient (Wildman–Crippen LogP) is 3.95. The molecular formula is C20H20N4O4S3. The molecule has 0 amide bonds. The van der Waals surface area contributed by atoms with Crippen LogP contribution in [-0.2, 0) is 19.9 Å². The van der Waals surface area contributed by atoms with Crippen LogP contribution in [-0.4, -0.2) is 37.9 Å². The third-order valence-corrected chi connectivity index (χ3v) is 8.09. The van der Waals surface area contributed by atoms with Gasteiger partial charge in [-0.1, -0.05) is 41.7 Å². The molecule has 0 saturated carbocycles. The summed E-state index contributed by atoms with van der Waals surface area (Å²) in [6.07, 6.45) is 2.63. The lowest BCUT2D eigenvalue weighted by Gasteiger charge is -2.05. The van der Waals surface area contributed by atoms with Gasteiger partial charge in [0.15, 0.2) is 15.0 Å². The number of fused-ring (bicyclic) bond motifs is 1. The standard InChI is InChI=1S/C20H20N4O4S3/c1-13(2)24-12-18(19(22-24)14-7-5-4-6-8-14)31(27,28)23-20-21-16-10-9-15(30(3,25)26)11-17(16)29-20/h4-13H,1-3H3,(H,21,23). The van der Waals surface area contributed by atoms with Gasteiger partial charge >= 0.3 is 0 Å². The van der Waals surface area contributed by atoms with Crippen molar-refractivity contribution in [1.82, 2.24) is 14.8 Å². The summed E-state index contributed by atoms with van der Waals surface area (Å²) in [4.78, 5) is 4.50. The van der Waals surface area contributed by atoms with E-state index >= 15 is 0 Å². The molecule has 0 saturated heterocycles. The zero-order chi connectivity index (χ0) is 22.4. The fourth-order valence-corrected chi connectivity index (χ4v) is 6.00. The highest BCUT2D eigenvalue weighted by molar-refractivity contribution is 7.93. The first-order valence-corrected chi connectivity index (χ1v) is 13.5. The highest BCUT2D eigenvalue weighted by Gasteiger charge is 2.26. The Kier molecular flexibility index (Phi) is 5.36. The molecule has 11 heteroatoms. The van der Waals surface area contributed by atoms with Crippen molar-refractivity contribution in [2.75, 3.05) is 11.0 Å². The largest absolute Gasteiger partial charge is 0.268 e. The third-order valence-electron chi connectivity index (χ3n) is 4.57. The first-order chi connectivity index (χ1) is 14.5. The number of hydrogen-bond donors (Lipinski definition) is 1. The zero-order valence-corrected chi connectivity index (χ0v) is 19.4. The van der Waals surface area contributed by atoms with Crippen LogP contribution in [0.25, 0.3) is 21.5 Å². The Morgan fingerprint density at radius 3 is 2.39 bits per heavy atom. The summed E-state index contributed by atoms with van der Waals surface area (Å²) < 4.78 is 54.8. The number of anilines is 1. The van der Waals surface area contributed by atoms with Crippen molar-refractivity contribution in [3.8, 4) is 11.3 Å². The average Bonchev–Trinajstić information content (AvgIpc) is 3.31. The van der Waals surface area contributed by atoms with E-state index in [0.717, 1.165) is 17.6 Å². The fraction of sp³-hybridized carbons (Fsp3) is 0.200. The van der Waals surface area contributed by atoms with Crippen molar-refractivity contribution in [2.45, 2.75) is 29.7 Å². The molecule has 4 rings (SSSR count). The summed E-state index contributed by atoms with van der Waals surface area (Å²) in [7, 11) is -7.37. The molecule has 4 aromatic rings. The van der Waals surface area contributed by atoms with Crippen LogP contribution in [0, 0.1) is 0 Å². The maximum Gasteiger partial charge on any atom is 0.267 e. The Morgan fingerprint density at radius 1 is 1.03 bits per heavy atom. The number of hydrogen-bond acceptors (Lipinski definition) is 7. The van der Waals surface area contributed by atoms with Crippen molar-refractivity contribution in [3.05, 3.63) is 54.7 Å². The number of nitrogens with zero attached hydrogens (tertiary/aromatic N) is 3. The second kappa shape index (κ2) is 7.74. The number of thiazole rings is 1. The quantitative estimate of drug-likeness (QED) is 0.451. The highest BCUT2D eigenvalue weighted by Crippen LogP contribution is 2.32. The minimum atomic E-state index is -3.99. The molecule has 0 spiro atoms. The second-order valence-corrected chi connectivity index (χ2v) is 12.0. The highest BCUT2D eigenvalue weighted by atomic mass is 32.2. The van der Waals surface area contributed by atoms with E-state index in [4.69, 9.17) is 0 Å². The summed E-state index contributed by atoms with van der Waals surface area (Å²) in [6, 6.07) is 13.6. The van der Waals surface area contributed by atoms with Crippen LogP contribution in [0.3, 0.4) is 0 Å². The van der Waals surface area contributed by atoms with Gasteiger partial charge in [-0.2, -0.15) is 5.10 Å². The van der Waals surface area contributed by atoms with Gasteiger partial charge in [-0.25, -0.2) is 21.8 Å². The van der Waals surface area contributed by atoms with Crippen LogP contribution in [0.5, 0.6) is 0 Å². The normalized spacial score (nSPS) is 12.5. The van der Waals surface area contributed by atoms with Crippen LogP contribution >= 0.6 is 11.3 Å². The van der Waals surface area contributed by atoms with E-state index in [1.54, 1.807) is 22.9 Å². The summed E-state index contributed by atoms with van der Waals surface area (Å²) in [5.74, 6) is 0. The molecule has 8 nitrogen and oxygen atoms in total. The van der Waals surface area contributed by atoms with Crippen LogP contribution in [0.2, 0.25) is 0 Å². The Morgan fingerprint density at radius 2 is 1.74 bits per heavy atom. The Balaban J connectivity index is 1.76. The van der Waals surface area contributed by atoms with Crippen LogP contribution in [0.4, 0.5) is 5.13 Å². The van der Waals surface area contributed by atoms with E-state index in [0.29, 0.717) is 21.5 Å². The maximum atomic E-state index is 13.2. The van der Waals surface area contributed by atoms with Crippen LogP contribution in [0.1, 0.15) is 19.9 Å². The molecule has 1 N–H and O–H groups in total. The molecule has 0 aliphatic carbocycles. The molecule has 0 fully saturated rings. The van der Waals surface area contributed by atoms with Gasteiger partial charge in [0.1, 0.15) is 10.6 Å².